The number of hydrogen-bond donors (Lipinski definition) is 1. The molecule has 1 atom stereocenters. The van der Waals surface area contributed by atoms with Crippen molar-refractivity contribution in [1.82, 2.24) is 15.1 Å². The number of carbonyl (C=O) groups is 3. The SMILES string of the molecule is O=C(NC(Cc1ccc(Cl)cc1)C(=O)N1CCC(c2ccccc2CN2CCCCC2=O)CC1)c1cc(=O)c2cccc(Cl)c2o1. The molecule has 0 bridgehead atoms. The summed E-state index contributed by atoms with van der Waals surface area (Å²) in [5.74, 6) is -0.651. The van der Waals surface area contributed by atoms with Crippen molar-refractivity contribution < 1.29 is 18.8 Å². The summed E-state index contributed by atoms with van der Waals surface area (Å²) in [6.45, 7) is 2.44. The van der Waals surface area contributed by atoms with Gasteiger partial charge in [0.25, 0.3) is 5.91 Å². The summed E-state index contributed by atoms with van der Waals surface area (Å²) in [5.41, 5.74) is 2.93. The molecular formula is C36H35Cl2N3O5. The highest BCUT2D eigenvalue weighted by Gasteiger charge is 2.32. The third-order valence-corrected chi connectivity index (χ3v) is 9.52. The van der Waals surface area contributed by atoms with Crippen LogP contribution in [0.2, 0.25) is 10.0 Å². The van der Waals surface area contributed by atoms with E-state index in [1.165, 1.54) is 5.56 Å². The molecule has 0 saturated carbocycles. The number of fused-ring (bicyclic) bond motifs is 1. The molecule has 8 nitrogen and oxygen atoms in total. The second-order valence-electron chi connectivity index (χ2n) is 12.0. The highest BCUT2D eigenvalue weighted by Crippen LogP contribution is 2.32. The maximum atomic E-state index is 14.0. The Morgan fingerprint density at radius 1 is 0.913 bits per heavy atom. The van der Waals surface area contributed by atoms with Crippen molar-refractivity contribution in [3.63, 3.8) is 0 Å². The van der Waals surface area contributed by atoms with E-state index in [-0.39, 0.29) is 45.9 Å². The van der Waals surface area contributed by atoms with Gasteiger partial charge in [-0.1, -0.05) is 65.7 Å². The first kappa shape index (κ1) is 31.8. The van der Waals surface area contributed by atoms with E-state index >= 15 is 0 Å². The molecule has 6 rings (SSSR count). The first-order chi connectivity index (χ1) is 22.3. The molecule has 1 aromatic heterocycles. The van der Waals surface area contributed by atoms with Crippen molar-refractivity contribution in [2.24, 2.45) is 0 Å². The van der Waals surface area contributed by atoms with Crippen LogP contribution in [-0.2, 0) is 22.6 Å². The van der Waals surface area contributed by atoms with Crippen molar-refractivity contribution in [3.8, 4) is 0 Å². The molecule has 2 fully saturated rings. The average Bonchev–Trinajstić information content (AvgIpc) is 3.07. The summed E-state index contributed by atoms with van der Waals surface area (Å²) < 4.78 is 5.75. The molecule has 4 aromatic rings. The molecule has 3 aromatic carbocycles. The van der Waals surface area contributed by atoms with E-state index in [4.69, 9.17) is 27.6 Å². The second kappa shape index (κ2) is 14.1. The minimum absolute atomic E-state index is 0.120. The molecule has 1 N–H and O–H groups in total. The van der Waals surface area contributed by atoms with Gasteiger partial charge in [0.2, 0.25) is 11.8 Å². The number of benzene rings is 3. The van der Waals surface area contributed by atoms with Crippen LogP contribution in [-0.4, -0.2) is 53.2 Å². The Morgan fingerprint density at radius 3 is 2.43 bits per heavy atom. The summed E-state index contributed by atoms with van der Waals surface area (Å²) in [7, 11) is 0. The van der Waals surface area contributed by atoms with Crippen molar-refractivity contribution >= 4 is 51.9 Å². The summed E-state index contributed by atoms with van der Waals surface area (Å²) in [5, 5.41) is 3.88. The second-order valence-corrected chi connectivity index (χ2v) is 12.9. The number of nitrogens with one attached hydrogen (secondary N) is 1. The van der Waals surface area contributed by atoms with Crippen LogP contribution in [0.25, 0.3) is 11.0 Å². The number of carbonyl (C=O) groups excluding carboxylic acids is 3. The molecule has 2 aliphatic heterocycles. The van der Waals surface area contributed by atoms with Gasteiger partial charge in [-0.3, -0.25) is 19.2 Å². The van der Waals surface area contributed by atoms with Crippen molar-refractivity contribution in [1.29, 1.82) is 0 Å². The maximum Gasteiger partial charge on any atom is 0.287 e. The van der Waals surface area contributed by atoms with Crippen LogP contribution in [0, 0.1) is 0 Å². The Morgan fingerprint density at radius 2 is 1.67 bits per heavy atom. The van der Waals surface area contributed by atoms with Crippen LogP contribution in [0.5, 0.6) is 0 Å². The van der Waals surface area contributed by atoms with Gasteiger partial charge in [0.15, 0.2) is 16.8 Å². The molecular weight excluding hydrogens is 625 g/mol. The largest absolute Gasteiger partial charge is 0.449 e. The number of para-hydroxylation sites is 1. The molecule has 3 heterocycles. The predicted molar refractivity (Wildman–Crippen MR) is 178 cm³/mol. The van der Waals surface area contributed by atoms with E-state index in [2.05, 4.69) is 17.4 Å². The average molecular weight is 661 g/mol. The fourth-order valence-electron chi connectivity index (χ4n) is 6.48. The minimum atomic E-state index is -0.908. The molecule has 0 radical (unpaired) electrons. The number of piperidine rings is 2. The molecule has 46 heavy (non-hydrogen) atoms. The number of rotatable bonds is 8. The van der Waals surface area contributed by atoms with E-state index in [1.54, 1.807) is 35.2 Å². The van der Waals surface area contributed by atoms with Crippen LogP contribution in [0.1, 0.15) is 65.3 Å². The highest BCUT2D eigenvalue weighted by molar-refractivity contribution is 6.34. The normalized spacial score (nSPS) is 16.4. The third-order valence-electron chi connectivity index (χ3n) is 8.97. The number of likely N-dealkylation sites (tertiary alicyclic amines) is 2. The van der Waals surface area contributed by atoms with Crippen molar-refractivity contribution in [3.05, 3.63) is 116 Å². The highest BCUT2D eigenvalue weighted by atomic mass is 35.5. The predicted octanol–water partition coefficient (Wildman–Crippen LogP) is 6.36. The monoisotopic (exact) mass is 659 g/mol. The van der Waals surface area contributed by atoms with Gasteiger partial charge in [0.1, 0.15) is 6.04 Å². The van der Waals surface area contributed by atoms with E-state index in [0.29, 0.717) is 31.1 Å². The van der Waals surface area contributed by atoms with E-state index in [9.17, 15) is 19.2 Å². The molecule has 2 saturated heterocycles. The summed E-state index contributed by atoms with van der Waals surface area (Å²) in [4.78, 5) is 56.4. The topological polar surface area (TPSA) is 99.9 Å². The minimum Gasteiger partial charge on any atom is -0.449 e. The zero-order valence-corrected chi connectivity index (χ0v) is 26.9. The number of amides is 3. The third kappa shape index (κ3) is 7.13. The molecule has 238 valence electrons. The lowest BCUT2D eigenvalue weighted by Crippen LogP contribution is -2.51. The quantitative estimate of drug-likeness (QED) is 0.237. The van der Waals surface area contributed by atoms with Gasteiger partial charge >= 0.3 is 0 Å². The van der Waals surface area contributed by atoms with Gasteiger partial charge in [-0.15, -0.1) is 0 Å². The molecule has 0 spiro atoms. The summed E-state index contributed by atoms with van der Waals surface area (Å²) in [6, 6.07) is 20.4. The van der Waals surface area contributed by atoms with Crippen molar-refractivity contribution in [2.75, 3.05) is 19.6 Å². The summed E-state index contributed by atoms with van der Waals surface area (Å²) in [6.07, 6.45) is 4.34. The lowest BCUT2D eigenvalue weighted by Gasteiger charge is -2.36. The van der Waals surface area contributed by atoms with E-state index in [1.807, 2.05) is 29.2 Å². The lowest BCUT2D eigenvalue weighted by molar-refractivity contribution is -0.135. The molecule has 10 heteroatoms. The van der Waals surface area contributed by atoms with Crippen LogP contribution >= 0.6 is 23.2 Å². The molecule has 2 aliphatic rings. The van der Waals surface area contributed by atoms with Gasteiger partial charge in [-0.25, -0.2) is 0 Å². The smallest absolute Gasteiger partial charge is 0.287 e. The molecule has 1 unspecified atom stereocenters. The van der Waals surface area contributed by atoms with Gasteiger partial charge in [0.05, 0.1) is 10.4 Å². The Hall–Kier alpha value is -4.14. The maximum absolute atomic E-state index is 14.0. The van der Waals surface area contributed by atoms with Crippen LogP contribution < -0.4 is 10.7 Å². The summed E-state index contributed by atoms with van der Waals surface area (Å²) >= 11 is 12.3. The first-order valence-electron chi connectivity index (χ1n) is 15.7. The first-order valence-corrected chi connectivity index (χ1v) is 16.4. The zero-order chi connectivity index (χ0) is 32.2. The Balaban J connectivity index is 1.18. The zero-order valence-electron chi connectivity index (χ0n) is 25.3. The van der Waals surface area contributed by atoms with Gasteiger partial charge in [-0.2, -0.15) is 0 Å². The fourth-order valence-corrected chi connectivity index (χ4v) is 6.82. The Kier molecular flexibility index (Phi) is 9.75. The number of nitrogens with zero attached hydrogens (tertiary/aromatic N) is 2. The van der Waals surface area contributed by atoms with Crippen LogP contribution in [0.4, 0.5) is 0 Å². The van der Waals surface area contributed by atoms with E-state index < -0.39 is 17.4 Å². The number of halogens is 2. The van der Waals surface area contributed by atoms with Gasteiger partial charge in [0, 0.05) is 50.1 Å². The Labute approximate surface area is 277 Å². The lowest BCUT2D eigenvalue weighted by atomic mass is 9.86. The fraction of sp³-hybridized carbons (Fsp3) is 0.333. The molecule has 3 amide bonds. The molecule has 0 aliphatic carbocycles. The van der Waals surface area contributed by atoms with Crippen LogP contribution in [0.3, 0.4) is 0 Å². The van der Waals surface area contributed by atoms with Gasteiger partial charge in [-0.05, 0) is 72.6 Å². The van der Waals surface area contributed by atoms with Gasteiger partial charge < -0.3 is 19.5 Å². The van der Waals surface area contributed by atoms with Crippen LogP contribution in [0.15, 0.2) is 82.0 Å². The number of hydrogen-bond acceptors (Lipinski definition) is 5. The van der Waals surface area contributed by atoms with Crippen molar-refractivity contribution in [2.45, 2.75) is 57.0 Å². The Bertz CT molecular complexity index is 1810. The van der Waals surface area contributed by atoms with E-state index in [0.717, 1.165) is 49.4 Å². The standard InChI is InChI=1S/C36H35Cl2N3O5/c37-26-13-11-23(12-14-26)20-30(39-35(44)32-21-31(42)28-8-5-9-29(38)34(28)46-32)36(45)40-18-15-24(16-19-40)27-7-2-1-6-25(27)22-41-17-4-3-10-33(41)43/h1-2,5-9,11-14,21,24,30H,3-4,10,15-20,22H2,(H,39,44).